The Hall–Kier alpha value is -3.19. The molecule has 3 unspecified atom stereocenters. The number of amides is 4. The zero-order chi connectivity index (χ0) is 41.0. The van der Waals surface area contributed by atoms with Crippen molar-refractivity contribution in [2.75, 3.05) is 20.2 Å². The van der Waals surface area contributed by atoms with E-state index in [-0.39, 0.29) is 52.8 Å². The Balaban J connectivity index is 0.000000483. The molecular weight excluding hydrogens is 681 g/mol. The molecule has 308 valence electrons. The molecule has 54 heavy (non-hydrogen) atoms. The first kappa shape index (κ1) is 48.8. The molecule has 0 aromatic heterocycles. The molecule has 0 radical (unpaired) electrons. The quantitative estimate of drug-likeness (QED) is 0.0454. The van der Waals surface area contributed by atoms with Gasteiger partial charge in [-0.25, -0.2) is 4.79 Å². The minimum absolute atomic E-state index is 0.0105. The summed E-state index contributed by atoms with van der Waals surface area (Å²) in [5.41, 5.74) is -0.171. The number of hydrogen-bond acceptors (Lipinski definition) is 6. The smallest absolute Gasteiger partial charge is 0.315 e. The van der Waals surface area contributed by atoms with Crippen LogP contribution in [0.15, 0.2) is 12.7 Å². The lowest BCUT2D eigenvalue weighted by molar-refractivity contribution is -0.138. The number of nitrogens with zero attached hydrogens (tertiary/aromatic N) is 1. The van der Waals surface area contributed by atoms with Crippen LogP contribution in [0.5, 0.6) is 0 Å². The first-order chi connectivity index (χ1) is 25.4. The molecule has 3 N–H and O–H groups in total. The van der Waals surface area contributed by atoms with E-state index < -0.39 is 17.6 Å². The molecule has 3 rings (SSSR count). The van der Waals surface area contributed by atoms with Crippen molar-refractivity contribution in [2.45, 2.75) is 181 Å². The number of urea groups is 1. The average Bonchev–Trinajstić information content (AvgIpc) is 3.92. The van der Waals surface area contributed by atoms with Crippen molar-refractivity contribution in [1.82, 2.24) is 20.9 Å². The fraction of sp³-hybridized carbons (Fsp3) is 0.795. The molecule has 0 aliphatic heterocycles. The molecule has 3 aliphatic carbocycles. The Bertz CT molecular complexity index is 1220. The summed E-state index contributed by atoms with van der Waals surface area (Å²) >= 11 is 0. The summed E-state index contributed by atoms with van der Waals surface area (Å²) in [5, 5.41) is 9.29. The van der Waals surface area contributed by atoms with Gasteiger partial charge in [-0.15, -0.1) is 18.9 Å². The Morgan fingerprint density at radius 1 is 1.00 bits per heavy atom. The second-order valence-corrected chi connectivity index (χ2v) is 17.4. The number of unbranched alkanes of at least 4 members (excludes halogenated alkanes) is 1. The number of ketones is 2. The molecule has 0 aromatic rings. The van der Waals surface area contributed by atoms with Crippen molar-refractivity contribution in [3.05, 3.63) is 12.7 Å². The van der Waals surface area contributed by atoms with Crippen LogP contribution < -0.4 is 16.0 Å². The van der Waals surface area contributed by atoms with Crippen molar-refractivity contribution in [3.63, 3.8) is 0 Å². The van der Waals surface area contributed by atoms with Crippen LogP contribution in [0, 0.1) is 35.5 Å². The van der Waals surface area contributed by atoms with Gasteiger partial charge in [0.2, 0.25) is 18.1 Å². The van der Waals surface area contributed by atoms with Gasteiger partial charge in [-0.05, 0) is 89.9 Å². The van der Waals surface area contributed by atoms with Gasteiger partial charge in [0.1, 0.15) is 0 Å². The summed E-state index contributed by atoms with van der Waals surface area (Å²) in [6.45, 7) is 20.7. The second kappa shape index (κ2) is 24.3. The van der Waals surface area contributed by atoms with E-state index >= 15 is 0 Å². The molecule has 0 aromatic carbocycles. The molecule has 3 fully saturated rings. The third-order valence-corrected chi connectivity index (χ3v) is 11.4. The lowest BCUT2D eigenvalue weighted by Gasteiger charge is -2.41. The van der Waals surface area contributed by atoms with Crippen LogP contribution in [0.4, 0.5) is 4.79 Å². The number of allylic oxidation sites excluding steroid dienone is 1. The minimum Gasteiger partial charge on any atom is -0.373 e. The lowest BCUT2D eigenvalue weighted by atomic mass is 9.71. The van der Waals surface area contributed by atoms with Gasteiger partial charge in [0.25, 0.3) is 0 Å². The summed E-state index contributed by atoms with van der Waals surface area (Å²) in [4.78, 5) is 60.5. The van der Waals surface area contributed by atoms with E-state index in [0.29, 0.717) is 25.5 Å². The molecule has 0 bridgehead atoms. The van der Waals surface area contributed by atoms with Crippen LogP contribution in [0.25, 0.3) is 0 Å². The minimum atomic E-state index is -0.853. The highest BCUT2D eigenvalue weighted by atomic mass is 16.5. The van der Waals surface area contributed by atoms with E-state index in [1.165, 1.54) is 71.1 Å². The van der Waals surface area contributed by atoms with Gasteiger partial charge < -0.3 is 25.6 Å². The summed E-state index contributed by atoms with van der Waals surface area (Å²) in [6.07, 6.45) is 24.9. The van der Waals surface area contributed by atoms with E-state index in [1.54, 1.807) is 18.9 Å². The second-order valence-electron chi connectivity index (χ2n) is 17.4. The van der Waals surface area contributed by atoms with Gasteiger partial charge >= 0.3 is 6.03 Å². The lowest BCUT2D eigenvalue weighted by Crippen LogP contribution is -2.58. The maximum Gasteiger partial charge on any atom is 0.315 e. The first-order valence-electron chi connectivity index (χ1n) is 20.6. The van der Waals surface area contributed by atoms with E-state index in [4.69, 9.17) is 11.2 Å². The molecular formula is C44H76N4O6. The largest absolute Gasteiger partial charge is 0.373 e. The van der Waals surface area contributed by atoms with Gasteiger partial charge in [-0.1, -0.05) is 78.2 Å². The first-order valence-corrected chi connectivity index (χ1v) is 20.6. The van der Waals surface area contributed by atoms with Gasteiger partial charge in [-0.2, -0.15) is 0 Å². The van der Waals surface area contributed by atoms with Crippen LogP contribution in [-0.4, -0.2) is 78.2 Å². The van der Waals surface area contributed by atoms with Crippen LogP contribution in [0.3, 0.4) is 0 Å². The van der Waals surface area contributed by atoms with Crippen LogP contribution in [0.2, 0.25) is 0 Å². The Labute approximate surface area is 328 Å². The normalized spacial score (nSPS) is 21.6. The molecule has 0 saturated heterocycles. The number of hydrogen-bond donors (Lipinski definition) is 3. The SMILES string of the molecule is C#CCCC(NC(=O)C(C)[C@H]1C[C@H]1CN(C)C=O)C(=O)C(C)=O.C=CCCC.CC(NC(=O)NC1(COC(C)(C)C)CCCCCC1)C1(C)CCCCC1. The summed E-state index contributed by atoms with van der Waals surface area (Å²) in [6, 6.07) is -0.661. The van der Waals surface area contributed by atoms with E-state index in [0.717, 1.165) is 32.1 Å². The highest BCUT2D eigenvalue weighted by Gasteiger charge is 2.44. The molecule has 4 amide bonds. The van der Waals surface area contributed by atoms with Crippen LogP contribution in [-0.2, 0) is 23.9 Å². The highest BCUT2D eigenvalue weighted by Crippen LogP contribution is 2.44. The Morgan fingerprint density at radius 2 is 1.57 bits per heavy atom. The monoisotopic (exact) mass is 757 g/mol. The standard InChI is InChI=1S/C22H42N2O2.C17H24N2O4.C5H10/c1-18(21(5)13-9-8-10-14-21)23-19(25)24-22(17-26-20(2,3)4)15-11-6-7-12-16-22;1-5-6-7-15(16(22)12(3)21)18-17(23)11(2)14-8-13(14)9-19(4)10-20;1-3-5-4-2/h18H,6-17H2,1-5H3,(H2,23,24,25);1,10-11,13-15H,6-9H2,2-4H3,(H,18,23);3H,1,4-5H2,2H3/t;11?,13-,14+,15?;/m.0./s1. The predicted octanol–water partition coefficient (Wildman–Crippen LogP) is 7.93. The van der Waals surface area contributed by atoms with Crippen LogP contribution in [0.1, 0.15) is 158 Å². The third-order valence-electron chi connectivity index (χ3n) is 11.4. The van der Waals surface area contributed by atoms with Crippen molar-refractivity contribution < 1.29 is 28.7 Å². The van der Waals surface area contributed by atoms with Crippen molar-refractivity contribution in [1.29, 1.82) is 0 Å². The number of carbonyl (C=O) groups is 5. The third kappa shape index (κ3) is 18.4. The van der Waals surface area contributed by atoms with Crippen molar-refractivity contribution in [3.8, 4) is 12.3 Å². The summed E-state index contributed by atoms with van der Waals surface area (Å²) in [7, 11) is 1.70. The molecule has 0 spiro atoms. The Kier molecular flexibility index (Phi) is 22.0. The molecule has 3 saturated carbocycles. The molecule has 5 atom stereocenters. The number of ether oxygens (including phenoxy) is 1. The van der Waals surface area contributed by atoms with Gasteiger partial charge in [-0.3, -0.25) is 19.2 Å². The topological polar surface area (TPSA) is 134 Å². The maximum absolute atomic E-state index is 12.9. The van der Waals surface area contributed by atoms with Gasteiger partial charge in [0.05, 0.1) is 23.8 Å². The van der Waals surface area contributed by atoms with E-state index in [9.17, 15) is 24.0 Å². The maximum atomic E-state index is 12.9. The fourth-order valence-corrected chi connectivity index (χ4v) is 7.46. The van der Waals surface area contributed by atoms with Gasteiger partial charge in [0, 0.05) is 38.9 Å². The predicted molar refractivity (Wildman–Crippen MR) is 219 cm³/mol. The zero-order valence-corrected chi connectivity index (χ0v) is 35.5. The molecule has 10 nitrogen and oxygen atoms in total. The number of nitrogens with one attached hydrogen (secondary N) is 3. The molecule has 0 heterocycles. The van der Waals surface area contributed by atoms with Crippen LogP contribution >= 0.6 is 0 Å². The number of Topliss-reactive ketones (excluding diaryl/α,β-unsaturated/α-hetero) is 2. The molecule has 3 aliphatic rings. The number of terminal acetylenes is 1. The van der Waals surface area contributed by atoms with Crippen molar-refractivity contribution in [2.24, 2.45) is 23.2 Å². The average molecular weight is 757 g/mol. The van der Waals surface area contributed by atoms with E-state index in [1.807, 2.05) is 6.08 Å². The Morgan fingerprint density at radius 3 is 2.06 bits per heavy atom. The van der Waals surface area contributed by atoms with Crippen molar-refractivity contribution >= 4 is 29.9 Å². The highest BCUT2D eigenvalue weighted by molar-refractivity contribution is 6.38. The number of carbonyl (C=O) groups excluding carboxylic acids is 5. The summed E-state index contributed by atoms with van der Waals surface area (Å²) < 4.78 is 6.13. The van der Waals surface area contributed by atoms with Gasteiger partial charge in [0.15, 0.2) is 5.78 Å². The van der Waals surface area contributed by atoms with E-state index in [2.05, 4.69) is 70.0 Å². The summed E-state index contributed by atoms with van der Waals surface area (Å²) in [5.74, 6) is 1.19. The zero-order valence-electron chi connectivity index (χ0n) is 35.5. The fourth-order valence-electron chi connectivity index (χ4n) is 7.46. The molecule has 10 heteroatoms. The number of rotatable bonds is 17.